The molecule has 0 radical (unpaired) electrons. The maximum absolute atomic E-state index is 10.7. The van der Waals surface area contributed by atoms with Crippen LogP contribution in [0.4, 0.5) is 5.69 Å². The number of phenols is 1. The Kier molecular flexibility index (Phi) is 4.54. The van der Waals surface area contributed by atoms with Crippen LogP contribution >= 0.6 is 0 Å². The highest BCUT2D eigenvalue weighted by atomic mass is 16.3. The van der Waals surface area contributed by atoms with Crippen LogP contribution in [0.2, 0.25) is 0 Å². The summed E-state index contributed by atoms with van der Waals surface area (Å²) in [5.41, 5.74) is 4.72. The summed E-state index contributed by atoms with van der Waals surface area (Å²) in [4.78, 5) is 12.4. The molecule has 2 aromatic heterocycles. The van der Waals surface area contributed by atoms with Crippen molar-refractivity contribution in [1.29, 1.82) is 0 Å². The van der Waals surface area contributed by atoms with Gasteiger partial charge in [0.2, 0.25) is 0 Å². The number of anilines is 1. The van der Waals surface area contributed by atoms with Gasteiger partial charge in [-0.25, -0.2) is 9.97 Å². The molecule has 4 aromatic rings. The zero-order chi connectivity index (χ0) is 21.8. The normalized spacial score (nSPS) is 19.6. The maximum atomic E-state index is 10.7. The van der Waals surface area contributed by atoms with Crippen molar-refractivity contribution in [3.8, 4) is 17.1 Å². The van der Waals surface area contributed by atoms with Crippen LogP contribution in [-0.2, 0) is 7.05 Å². The van der Waals surface area contributed by atoms with E-state index in [1.807, 2.05) is 19.3 Å². The molecule has 164 valence electrons. The molecule has 1 aliphatic carbocycles. The summed E-state index contributed by atoms with van der Waals surface area (Å²) in [5.74, 6) is 1.22. The highest BCUT2D eigenvalue weighted by molar-refractivity contribution is 5.90. The first-order valence-corrected chi connectivity index (χ1v) is 11.5. The van der Waals surface area contributed by atoms with E-state index in [1.54, 1.807) is 10.7 Å². The zero-order valence-corrected chi connectivity index (χ0v) is 18.5. The van der Waals surface area contributed by atoms with Crippen molar-refractivity contribution in [2.45, 2.75) is 38.1 Å². The fourth-order valence-corrected chi connectivity index (χ4v) is 4.98. The second kappa shape index (κ2) is 7.45. The molecule has 6 rings (SSSR count). The van der Waals surface area contributed by atoms with Crippen molar-refractivity contribution in [1.82, 2.24) is 25.1 Å². The van der Waals surface area contributed by atoms with Crippen LogP contribution in [0.3, 0.4) is 0 Å². The molecule has 0 amide bonds. The summed E-state index contributed by atoms with van der Waals surface area (Å²) in [6.07, 6.45) is 5.52. The Labute approximate surface area is 187 Å². The van der Waals surface area contributed by atoms with E-state index < -0.39 is 0 Å². The lowest BCUT2D eigenvalue weighted by Crippen LogP contribution is -2.49. The number of fused-ring (bicyclic) bond motifs is 2. The van der Waals surface area contributed by atoms with Crippen molar-refractivity contribution in [3.63, 3.8) is 0 Å². The molecule has 2 aliphatic rings. The van der Waals surface area contributed by atoms with Gasteiger partial charge in [-0.1, -0.05) is 6.42 Å². The van der Waals surface area contributed by atoms with Gasteiger partial charge in [0.25, 0.3) is 0 Å². The van der Waals surface area contributed by atoms with E-state index in [-0.39, 0.29) is 5.75 Å². The molecule has 32 heavy (non-hydrogen) atoms. The number of rotatable bonds is 3. The summed E-state index contributed by atoms with van der Waals surface area (Å²) in [5, 5.41) is 20.8. The molecule has 1 unspecified atom stereocenters. The number of nitrogens with one attached hydrogen (secondary N) is 1. The molecule has 3 heterocycles. The van der Waals surface area contributed by atoms with Gasteiger partial charge in [-0.2, -0.15) is 5.10 Å². The second-order valence-electron chi connectivity index (χ2n) is 9.29. The van der Waals surface area contributed by atoms with Crippen molar-refractivity contribution < 1.29 is 5.11 Å². The zero-order valence-electron chi connectivity index (χ0n) is 18.5. The molecule has 1 saturated heterocycles. The number of aromatic nitrogens is 4. The Balaban J connectivity index is 1.49. The van der Waals surface area contributed by atoms with Gasteiger partial charge in [-0.05, 0) is 44.0 Å². The lowest BCUT2D eigenvalue weighted by molar-refractivity contribution is 0.414. The Morgan fingerprint density at radius 1 is 1.09 bits per heavy atom. The average Bonchev–Trinajstić information content (AvgIpc) is 3.10. The first kappa shape index (κ1) is 19.5. The van der Waals surface area contributed by atoms with Crippen molar-refractivity contribution >= 4 is 27.5 Å². The largest absolute Gasteiger partial charge is 0.507 e. The van der Waals surface area contributed by atoms with Gasteiger partial charge in [-0.3, -0.25) is 4.68 Å². The van der Waals surface area contributed by atoms with Gasteiger partial charge < -0.3 is 15.3 Å². The van der Waals surface area contributed by atoms with Crippen molar-refractivity contribution in [3.05, 3.63) is 42.2 Å². The third-order valence-corrected chi connectivity index (χ3v) is 6.91. The van der Waals surface area contributed by atoms with E-state index in [0.29, 0.717) is 23.3 Å². The van der Waals surface area contributed by atoms with Gasteiger partial charge in [0, 0.05) is 67.4 Å². The van der Waals surface area contributed by atoms with Crippen LogP contribution in [0.5, 0.6) is 5.75 Å². The van der Waals surface area contributed by atoms with Crippen LogP contribution in [0.15, 0.2) is 36.5 Å². The van der Waals surface area contributed by atoms with Crippen LogP contribution < -0.4 is 10.2 Å². The molecule has 2 fully saturated rings. The molecule has 7 heteroatoms. The van der Waals surface area contributed by atoms with Gasteiger partial charge in [0.15, 0.2) is 5.82 Å². The first-order chi connectivity index (χ1) is 15.5. The predicted molar refractivity (Wildman–Crippen MR) is 127 cm³/mol. The standard InChI is InChI=1S/C25H28N6O/c1-15-13-31(9-8-26-15)18-6-7-21-19(11-18)24(16-4-3-5-16)28-25(27-21)20-10-17-14-30(2)29-22(17)12-23(20)32/h6-7,10-12,14-16,26,32H,3-5,8-9,13H2,1-2H3. The predicted octanol–water partition coefficient (Wildman–Crippen LogP) is 3.95. The monoisotopic (exact) mass is 428 g/mol. The van der Waals surface area contributed by atoms with E-state index in [0.717, 1.165) is 60.0 Å². The Morgan fingerprint density at radius 3 is 2.75 bits per heavy atom. The molecule has 1 aliphatic heterocycles. The van der Waals surface area contributed by atoms with Gasteiger partial charge in [0.1, 0.15) is 5.75 Å². The molecular weight excluding hydrogens is 400 g/mol. The van der Waals surface area contributed by atoms with E-state index >= 15 is 0 Å². The van der Waals surface area contributed by atoms with E-state index in [1.165, 1.54) is 12.1 Å². The van der Waals surface area contributed by atoms with Crippen LogP contribution in [0.1, 0.15) is 37.8 Å². The summed E-state index contributed by atoms with van der Waals surface area (Å²) < 4.78 is 1.76. The highest BCUT2D eigenvalue weighted by Gasteiger charge is 2.26. The Morgan fingerprint density at radius 2 is 1.97 bits per heavy atom. The van der Waals surface area contributed by atoms with Gasteiger partial charge >= 0.3 is 0 Å². The SMILES string of the molecule is CC1CN(c2ccc3nc(-c4cc5cn(C)nc5cc4O)nc(C4CCC4)c3c2)CCN1. The van der Waals surface area contributed by atoms with Crippen LogP contribution in [0.25, 0.3) is 33.2 Å². The van der Waals surface area contributed by atoms with E-state index in [2.05, 4.69) is 40.4 Å². The fourth-order valence-electron chi connectivity index (χ4n) is 4.98. The third-order valence-electron chi connectivity index (χ3n) is 6.91. The first-order valence-electron chi connectivity index (χ1n) is 11.5. The molecule has 7 nitrogen and oxygen atoms in total. The molecule has 2 aromatic carbocycles. The highest BCUT2D eigenvalue weighted by Crippen LogP contribution is 2.41. The smallest absolute Gasteiger partial charge is 0.163 e. The van der Waals surface area contributed by atoms with Crippen molar-refractivity contribution in [2.24, 2.45) is 7.05 Å². The molecule has 2 N–H and O–H groups in total. The minimum absolute atomic E-state index is 0.168. The second-order valence-corrected chi connectivity index (χ2v) is 9.29. The van der Waals surface area contributed by atoms with E-state index in [9.17, 15) is 5.11 Å². The number of aromatic hydroxyl groups is 1. The minimum Gasteiger partial charge on any atom is -0.507 e. The summed E-state index contributed by atoms with van der Waals surface area (Å²) in [7, 11) is 1.88. The Bertz CT molecular complexity index is 1330. The van der Waals surface area contributed by atoms with Crippen molar-refractivity contribution in [2.75, 3.05) is 24.5 Å². The molecule has 1 saturated carbocycles. The van der Waals surface area contributed by atoms with Crippen LogP contribution in [0, 0.1) is 0 Å². The number of piperazine rings is 1. The Hall–Kier alpha value is -3.19. The topological polar surface area (TPSA) is 79.1 Å². The number of hydrogen-bond donors (Lipinski definition) is 2. The van der Waals surface area contributed by atoms with E-state index in [4.69, 9.17) is 9.97 Å². The minimum atomic E-state index is 0.168. The summed E-state index contributed by atoms with van der Waals surface area (Å²) in [6, 6.07) is 10.7. The summed E-state index contributed by atoms with van der Waals surface area (Å²) >= 11 is 0. The number of benzene rings is 2. The van der Waals surface area contributed by atoms with Crippen LogP contribution in [-0.4, -0.2) is 50.5 Å². The summed E-state index contributed by atoms with van der Waals surface area (Å²) in [6.45, 7) is 5.24. The number of hydrogen-bond acceptors (Lipinski definition) is 6. The maximum Gasteiger partial charge on any atom is 0.163 e. The van der Waals surface area contributed by atoms with Gasteiger partial charge in [-0.15, -0.1) is 0 Å². The molecule has 0 spiro atoms. The number of aryl methyl sites for hydroxylation is 1. The average molecular weight is 429 g/mol. The molecule has 0 bridgehead atoms. The fraction of sp³-hybridized carbons (Fsp3) is 0.400. The molecule has 1 atom stereocenters. The molecular formula is C25H28N6O. The lowest BCUT2D eigenvalue weighted by atomic mass is 9.81. The lowest BCUT2D eigenvalue weighted by Gasteiger charge is -2.34. The quantitative estimate of drug-likeness (QED) is 0.514. The third kappa shape index (κ3) is 3.28. The number of nitrogens with zero attached hydrogens (tertiary/aromatic N) is 5. The van der Waals surface area contributed by atoms with Gasteiger partial charge in [0.05, 0.1) is 22.3 Å². The number of phenolic OH excluding ortho intramolecular Hbond substituents is 1.